The number of carbonyl (C=O) groups excluding carboxylic acids is 4. The molecule has 0 bridgehead atoms. The lowest BCUT2D eigenvalue weighted by Crippen LogP contribution is -2.69. The molecular formula is C45H57F3N8O20. The van der Waals surface area contributed by atoms with Gasteiger partial charge in [0.1, 0.15) is 97.3 Å². The number of hydrogen-bond acceptors (Lipinski definition) is 21. The molecule has 2 unspecified atom stereocenters. The van der Waals surface area contributed by atoms with Crippen LogP contribution in [0.3, 0.4) is 0 Å². The number of anilines is 1. The second-order valence-corrected chi connectivity index (χ2v) is 18.0. The molecule has 2 aromatic carbocycles. The Bertz CT molecular complexity index is 2590. The Kier molecular flexibility index (Phi) is 18.4. The van der Waals surface area contributed by atoms with E-state index in [1.807, 2.05) is 22.4 Å². The number of halogens is 3. The molecule has 0 radical (unpaired) electrons. The minimum absolute atomic E-state index is 0.0861. The predicted molar refractivity (Wildman–Crippen MR) is 246 cm³/mol. The molecule has 3 aromatic rings. The number of ether oxygens (including phenoxy) is 7. The summed E-state index contributed by atoms with van der Waals surface area (Å²) in [6.07, 6.45) is -26.3. The minimum atomic E-state index is -4.81. The number of nitrogens with two attached hydrogens (primary N) is 1. The number of H-pyrrole nitrogens is 1. The Hall–Kier alpha value is -6.65. The Morgan fingerprint density at radius 2 is 1.41 bits per heavy atom. The topological polar surface area (TPSA) is 407 Å². The number of carbonyl (C=O) groups is 4. The van der Waals surface area contributed by atoms with E-state index in [-0.39, 0.29) is 18.4 Å². The number of primary amides is 1. The molecule has 0 aliphatic carbocycles. The Morgan fingerprint density at radius 1 is 0.803 bits per heavy atom. The molecule has 4 fully saturated rings. The molecule has 0 spiro atoms. The Labute approximate surface area is 427 Å². The summed E-state index contributed by atoms with van der Waals surface area (Å²) in [5.74, 6) is -2.03. The van der Waals surface area contributed by atoms with Gasteiger partial charge in [0.25, 0.3) is 5.56 Å². The van der Waals surface area contributed by atoms with Gasteiger partial charge in [-0.1, -0.05) is 12.1 Å². The molecule has 76 heavy (non-hydrogen) atoms. The number of alkyl carbamates (subject to hydrolysis) is 1. The summed E-state index contributed by atoms with van der Waals surface area (Å²) in [7, 11) is 0. The van der Waals surface area contributed by atoms with Gasteiger partial charge in [-0.3, -0.25) is 23.9 Å². The minimum Gasteiger partial charge on any atom is -0.490 e. The van der Waals surface area contributed by atoms with E-state index in [1.165, 1.54) is 24.3 Å². The van der Waals surface area contributed by atoms with Crippen LogP contribution in [0, 0.1) is 0 Å². The number of aliphatic hydroxyl groups is 7. The molecule has 4 saturated heterocycles. The van der Waals surface area contributed by atoms with Gasteiger partial charge in [0.2, 0.25) is 11.8 Å². The third-order valence-electron chi connectivity index (χ3n) is 12.8. The third kappa shape index (κ3) is 14.0. The lowest BCUT2D eigenvalue weighted by Gasteiger charge is -2.47. The number of nitrogens with zero attached hydrogens (tertiary/aromatic N) is 2. The van der Waals surface area contributed by atoms with Crippen molar-refractivity contribution in [1.82, 2.24) is 30.8 Å². The van der Waals surface area contributed by atoms with E-state index in [0.29, 0.717) is 41.8 Å². The fraction of sp³-hybridized carbons (Fsp3) is 0.556. The first-order valence-electron chi connectivity index (χ1n) is 23.5. The SMILES string of the molecule is CC(=O)N[C@@H]1[C@@H](O[C@@H]2O[C@H](COC(=O)N[C@@H](C(N)=O)[C@H]3O[C@@H](n4ccc(=O)[nH]c4=O)C(O)[C@H]3O)C(O)[C@H](O)[C@H]2NC(=O)NCc2ccc(N3CCC(Oc4ccc(OC(F)(F)F)cc4)CC3)cc2)O[C@@H](CO)[C@@H](O)[C@H]1O. The van der Waals surface area contributed by atoms with E-state index in [1.54, 1.807) is 12.1 Å². The van der Waals surface area contributed by atoms with Crippen molar-refractivity contribution in [3.63, 3.8) is 0 Å². The highest BCUT2D eigenvalue weighted by Gasteiger charge is 2.53. The van der Waals surface area contributed by atoms with Crippen molar-refractivity contribution in [3.05, 3.63) is 87.2 Å². The summed E-state index contributed by atoms with van der Waals surface area (Å²) in [5, 5.41) is 85.0. The normalized spacial score (nSPS) is 30.4. The number of benzene rings is 2. The van der Waals surface area contributed by atoms with Crippen molar-refractivity contribution in [2.24, 2.45) is 5.73 Å². The second-order valence-electron chi connectivity index (χ2n) is 18.0. The number of amides is 5. The van der Waals surface area contributed by atoms with Crippen LogP contribution in [0.4, 0.5) is 28.4 Å². The largest absolute Gasteiger partial charge is 0.573 e. The Balaban J connectivity index is 0.975. The lowest BCUT2D eigenvalue weighted by molar-refractivity contribution is -0.346. The van der Waals surface area contributed by atoms with Crippen LogP contribution < -0.4 is 52.6 Å². The highest BCUT2D eigenvalue weighted by Crippen LogP contribution is 2.32. The fourth-order valence-corrected chi connectivity index (χ4v) is 8.87. The smallest absolute Gasteiger partial charge is 0.490 e. The zero-order chi connectivity index (χ0) is 55.2. The lowest BCUT2D eigenvalue weighted by atomic mass is 9.95. The maximum Gasteiger partial charge on any atom is 0.573 e. The van der Waals surface area contributed by atoms with Crippen LogP contribution >= 0.6 is 0 Å². The van der Waals surface area contributed by atoms with Crippen LogP contribution in [0.15, 0.2) is 70.4 Å². The molecule has 31 heteroatoms. The molecule has 1 aromatic heterocycles. The van der Waals surface area contributed by atoms with Gasteiger partial charge in [-0.05, 0) is 42.0 Å². The van der Waals surface area contributed by atoms with E-state index in [2.05, 4.69) is 25.6 Å². The van der Waals surface area contributed by atoms with Crippen LogP contribution in [0.1, 0.15) is 31.6 Å². The standard InChI is InChI=1S/C45H57F3N8O20/c1-19(58)51-28-33(62)31(60)25(17-57)72-40(28)75-41-29(53-42(67)50-16-20-2-4-21(5-3-20)55-13-10-23(11-14-55)71-22-6-8-24(9-7-22)76-45(46,47)48)34(63)32(61)26(73-41)18-70-44(69)54-30(38(49)66)37-35(64)36(65)39(74-37)56-15-12-27(59)52-43(56)68/h2-9,12,15,23,25-26,28-37,39-41,57,60-65H,10-11,13-14,16-18H2,1H3,(H2,49,66)(H,51,58)(H,54,69)(H2,50,53,67)(H,52,59,68)/t25-,26+,28-,29+,30+,31+,32?,33-,34+,35+,36?,37+,39+,40+,41-/m0/s1. The van der Waals surface area contributed by atoms with E-state index in [4.69, 9.17) is 34.2 Å². The molecule has 7 rings (SSSR count). The van der Waals surface area contributed by atoms with Gasteiger partial charge in [-0.15, -0.1) is 13.2 Å². The van der Waals surface area contributed by atoms with Crippen molar-refractivity contribution in [2.75, 3.05) is 31.2 Å². The third-order valence-corrected chi connectivity index (χ3v) is 12.8. The molecular weight excluding hydrogens is 1030 g/mol. The van der Waals surface area contributed by atoms with Crippen LogP contribution in [-0.4, -0.2) is 194 Å². The number of rotatable bonds is 17. The van der Waals surface area contributed by atoms with Gasteiger partial charge in [0, 0.05) is 57.4 Å². The fourth-order valence-electron chi connectivity index (χ4n) is 8.87. The summed E-state index contributed by atoms with van der Waals surface area (Å²) in [4.78, 5) is 79.3. The molecule has 5 heterocycles. The van der Waals surface area contributed by atoms with Gasteiger partial charge < -0.3 is 101 Å². The first kappa shape index (κ1) is 57.1. The number of urea groups is 1. The molecule has 4 aliphatic heterocycles. The maximum atomic E-state index is 13.5. The van der Waals surface area contributed by atoms with Crippen LogP contribution in [0.2, 0.25) is 0 Å². The number of aromatic nitrogens is 2. The highest BCUT2D eigenvalue weighted by atomic mass is 19.4. The average Bonchev–Trinajstić information content (AvgIpc) is 3.66. The number of aromatic amines is 1. The van der Waals surface area contributed by atoms with Crippen molar-refractivity contribution in [1.29, 1.82) is 0 Å². The number of piperidine rings is 1. The van der Waals surface area contributed by atoms with E-state index in [9.17, 15) is 77.7 Å². The number of hydrogen-bond donors (Lipinski definition) is 13. The summed E-state index contributed by atoms with van der Waals surface area (Å²) in [6, 6.07) is 6.94. The maximum absolute atomic E-state index is 13.5. The van der Waals surface area contributed by atoms with Crippen LogP contribution in [-0.2, 0) is 39.8 Å². The first-order valence-corrected chi connectivity index (χ1v) is 23.5. The van der Waals surface area contributed by atoms with Crippen molar-refractivity contribution in [2.45, 2.75) is 131 Å². The average molecular weight is 1090 g/mol. The van der Waals surface area contributed by atoms with Gasteiger partial charge in [-0.2, -0.15) is 0 Å². The number of nitrogens with one attached hydrogen (secondary N) is 5. The molecule has 0 saturated carbocycles. The molecule has 28 nitrogen and oxygen atoms in total. The van der Waals surface area contributed by atoms with Gasteiger partial charge in [-0.25, -0.2) is 14.4 Å². The number of aliphatic hydroxyl groups excluding tert-OH is 7. The molecule has 14 N–H and O–H groups in total. The summed E-state index contributed by atoms with van der Waals surface area (Å²) >= 11 is 0. The van der Waals surface area contributed by atoms with Crippen LogP contribution in [0.5, 0.6) is 11.5 Å². The van der Waals surface area contributed by atoms with Gasteiger partial charge in [0.15, 0.2) is 18.8 Å². The summed E-state index contributed by atoms with van der Waals surface area (Å²) < 4.78 is 76.4. The van der Waals surface area contributed by atoms with Gasteiger partial charge in [0.05, 0.1) is 6.61 Å². The summed E-state index contributed by atoms with van der Waals surface area (Å²) in [5.41, 5.74) is 5.10. The van der Waals surface area contributed by atoms with Crippen LogP contribution in [0.25, 0.3) is 0 Å². The molecule has 4 aliphatic rings. The van der Waals surface area contributed by atoms with E-state index < -0.39 is 147 Å². The molecule has 15 atom stereocenters. The monoisotopic (exact) mass is 1090 g/mol. The zero-order valence-corrected chi connectivity index (χ0v) is 40.0. The quantitative estimate of drug-likeness (QED) is 0.0612. The van der Waals surface area contributed by atoms with Crippen molar-refractivity contribution < 1.29 is 101 Å². The highest BCUT2D eigenvalue weighted by molar-refractivity contribution is 5.85. The van der Waals surface area contributed by atoms with E-state index >= 15 is 0 Å². The first-order chi connectivity index (χ1) is 36.0. The second kappa shape index (κ2) is 24.6. The zero-order valence-electron chi connectivity index (χ0n) is 40.0. The van der Waals surface area contributed by atoms with E-state index in [0.717, 1.165) is 24.9 Å². The molecule has 418 valence electrons. The molecule has 5 amide bonds. The summed E-state index contributed by atoms with van der Waals surface area (Å²) in [6.45, 7) is 0.332. The van der Waals surface area contributed by atoms with Crippen molar-refractivity contribution >= 4 is 29.6 Å². The number of alkyl halides is 3. The van der Waals surface area contributed by atoms with Gasteiger partial charge >= 0.3 is 24.2 Å². The predicted octanol–water partition coefficient (Wildman–Crippen LogP) is -4.04. The van der Waals surface area contributed by atoms with Crippen molar-refractivity contribution in [3.8, 4) is 11.5 Å². The Morgan fingerprint density at radius 3 is 2.00 bits per heavy atom.